The Labute approximate surface area is 170 Å². The number of likely N-dealkylation sites (N-methyl/N-ethyl adjacent to an activating group) is 1. The highest BCUT2D eigenvalue weighted by Crippen LogP contribution is 2.35. The van der Waals surface area contributed by atoms with E-state index in [-0.39, 0.29) is 21.5 Å². The van der Waals surface area contributed by atoms with Crippen molar-refractivity contribution in [2.24, 2.45) is 0 Å². The van der Waals surface area contributed by atoms with Gasteiger partial charge in [0.2, 0.25) is 15.9 Å². The predicted molar refractivity (Wildman–Crippen MR) is 101 cm³/mol. The highest BCUT2D eigenvalue weighted by Gasteiger charge is 2.34. The van der Waals surface area contributed by atoms with Gasteiger partial charge in [-0.15, -0.1) is 0 Å². The Morgan fingerprint density at radius 3 is 2.36 bits per heavy atom. The molecule has 0 radical (unpaired) electrons. The molecule has 2 rings (SSSR count). The van der Waals surface area contributed by atoms with Gasteiger partial charge in [0.15, 0.2) is 0 Å². The van der Waals surface area contributed by atoms with E-state index in [1.807, 2.05) is 0 Å². The summed E-state index contributed by atoms with van der Waals surface area (Å²) in [6.45, 7) is 0.667. The summed E-state index contributed by atoms with van der Waals surface area (Å²) in [6, 6.07) is 8.42. The molecule has 0 bridgehead atoms. The number of rotatable bonds is 6. The molecule has 2 aromatic rings. The third-order valence-electron chi connectivity index (χ3n) is 3.71. The highest BCUT2D eigenvalue weighted by molar-refractivity contribution is 7.89. The summed E-state index contributed by atoms with van der Waals surface area (Å²) in [4.78, 5) is 11.9. The maximum atomic E-state index is 13.0. The molecule has 0 spiro atoms. The maximum absolute atomic E-state index is 13.0. The van der Waals surface area contributed by atoms with Gasteiger partial charge in [0.1, 0.15) is 4.90 Å². The third-order valence-corrected chi connectivity index (χ3v) is 6.61. The van der Waals surface area contributed by atoms with Gasteiger partial charge >= 0.3 is 6.18 Å². The van der Waals surface area contributed by atoms with Gasteiger partial charge in [-0.3, -0.25) is 4.79 Å². The van der Waals surface area contributed by atoms with Crippen molar-refractivity contribution in [2.75, 3.05) is 18.4 Å². The molecule has 0 fully saturated rings. The summed E-state index contributed by atoms with van der Waals surface area (Å²) in [7, 11) is -4.20. The van der Waals surface area contributed by atoms with Crippen LogP contribution in [0.3, 0.4) is 0 Å². The molecule has 0 heterocycles. The molecule has 11 heteroatoms. The number of anilines is 1. The van der Waals surface area contributed by atoms with Crippen molar-refractivity contribution < 1.29 is 26.4 Å². The topological polar surface area (TPSA) is 66.5 Å². The number of carbonyl (C=O) groups excluding carboxylic acids is 1. The molecule has 152 valence electrons. The van der Waals surface area contributed by atoms with Crippen LogP contribution in [0.5, 0.6) is 0 Å². The van der Waals surface area contributed by atoms with Crippen molar-refractivity contribution in [1.29, 1.82) is 0 Å². The van der Waals surface area contributed by atoms with E-state index in [1.54, 1.807) is 0 Å². The van der Waals surface area contributed by atoms with Gasteiger partial charge in [0, 0.05) is 6.54 Å². The van der Waals surface area contributed by atoms with E-state index in [0.717, 1.165) is 16.4 Å². The zero-order valence-electron chi connectivity index (χ0n) is 14.4. The molecule has 0 saturated heterocycles. The molecule has 5 nitrogen and oxygen atoms in total. The fourth-order valence-electron chi connectivity index (χ4n) is 2.38. The first-order valence-corrected chi connectivity index (χ1v) is 10.1. The van der Waals surface area contributed by atoms with Crippen LogP contribution in [0.2, 0.25) is 10.0 Å². The number of benzene rings is 2. The summed E-state index contributed by atoms with van der Waals surface area (Å²) >= 11 is 11.8. The Bertz CT molecular complexity index is 982. The molecule has 28 heavy (non-hydrogen) atoms. The summed E-state index contributed by atoms with van der Waals surface area (Å²) < 4.78 is 65.4. The van der Waals surface area contributed by atoms with Crippen LogP contribution in [0.15, 0.2) is 47.4 Å². The minimum atomic E-state index is -4.67. The summed E-state index contributed by atoms with van der Waals surface area (Å²) in [6.07, 6.45) is -4.67. The number of sulfonamides is 1. The Morgan fingerprint density at radius 2 is 1.75 bits per heavy atom. The first-order valence-electron chi connectivity index (χ1n) is 7.88. The van der Waals surface area contributed by atoms with Crippen LogP contribution in [-0.4, -0.2) is 31.7 Å². The average molecular weight is 455 g/mol. The molecule has 1 amide bonds. The largest absolute Gasteiger partial charge is 0.418 e. The molecule has 0 aromatic heterocycles. The highest BCUT2D eigenvalue weighted by atomic mass is 35.5. The number of halogens is 5. The SMILES string of the molecule is CCN(CC(=O)Nc1ccccc1C(F)(F)F)S(=O)(=O)c1cccc(Cl)c1Cl. The quantitative estimate of drug-likeness (QED) is 0.689. The van der Waals surface area contributed by atoms with Gasteiger partial charge in [0.25, 0.3) is 0 Å². The van der Waals surface area contributed by atoms with Gasteiger partial charge in [0.05, 0.1) is 27.8 Å². The van der Waals surface area contributed by atoms with Crippen LogP contribution in [0, 0.1) is 0 Å². The molecule has 0 aliphatic carbocycles. The van der Waals surface area contributed by atoms with Crippen molar-refractivity contribution in [2.45, 2.75) is 18.0 Å². The lowest BCUT2D eigenvalue weighted by Crippen LogP contribution is -2.38. The minimum Gasteiger partial charge on any atom is -0.324 e. The maximum Gasteiger partial charge on any atom is 0.418 e. The lowest BCUT2D eigenvalue weighted by atomic mass is 10.1. The molecule has 0 saturated carbocycles. The van der Waals surface area contributed by atoms with Crippen LogP contribution in [0.25, 0.3) is 0 Å². The van der Waals surface area contributed by atoms with Crippen molar-refractivity contribution >= 4 is 44.8 Å². The van der Waals surface area contributed by atoms with E-state index in [1.165, 1.54) is 37.3 Å². The molecule has 2 aromatic carbocycles. The Balaban J connectivity index is 2.26. The van der Waals surface area contributed by atoms with Crippen LogP contribution in [0.1, 0.15) is 12.5 Å². The van der Waals surface area contributed by atoms with E-state index < -0.39 is 39.9 Å². The molecule has 1 N–H and O–H groups in total. The zero-order chi connectivity index (χ0) is 21.1. The number of amides is 1. The number of carbonyl (C=O) groups is 1. The van der Waals surface area contributed by atoms with Gasteiger partial charge in [-0.1, -0.05) is 48.3 Å². The van der Waals surface area contributed by atoms with Crippen LogP contribution >= 0.6 is 23.2 Å². The second kappa shape index (κ2) is 8.69. The monoisotopic (exact) mass is 454 g/mol. The van der Waals surface area contributed by atoms with Crippen molar-refractivity contribution in [3.8, 4) is 0 Å². The summed E-state index contributed by atoms with van der Waals surface area (Å²) in [5, 5.41) is 1.92. The Morgan fingerprint density at radius 1 is 1.11 bits per heavy atom. The van der Waals surface area contributed by atoms with E-state index >= 15 is 0 Å². The van der Waals surface area contributed by atoms with Crippen molar-refractivity contribution in [3.05, 3.63) is 58.1 Å². The lowest BCUT2D eigenvalue weighted by molar-refractivity contribution is -0.137. The number of hydrogen-bond acceptors (Lipinski definition) is 3. The van der Waals surface area contributed by atoms with Crippen molar-refractivity contribution in [1.82, 2.24) is 4.31 Å². The average Bonchev–Trinajstić information content (AvgIpc) is 2.61. The van der Waals surface area contributed by atoms with Gasteiger partial charge in [-0.05, 0) is 24.3 Å². The van der Waals surface area contributed by atoms with E-state index in [4.69, 9.17) is 23.2 Å². The third kappa shape index (κ3) is 4.96. The van der Waals surface area contributed by atoms with Crippen LogP contribution in [-0.2, 0) is 21.0 Å². The molecule has 0 aliphatic rings. The predicted octanol–water partition coefficient (Wildman–Crippen LogP) is 4.66. The van der Waals surface area contributed by atoms with Crippen LogP contribution in [0.4, 0.5) is 18.9 Å². The summed E-state index contributed by atoms with van der Waals surface area (Å²) in [5.74, 6) is -0.930. The number of nitrogens with one attached hydrogen (secondary N) is 1. The Hall–Kier alpha value is -1.81. The molecular formula is C17H15Cl2F3N2O3S. The standard InChI is InChI=1S/C17H15Cl2F3N2O3S/c1-2-24(28(26,27)14-9-5-7-12(18)16(14)19)10-15(25)23-13-8-4-3-6-11(13)17(20,21)22/h3-9H,2,10H2,1H3,(H,23,25). The molecular weight excluding hydrogens is 440 g/mol. The number of hydrogen-bond donors (Lipinski definition) is 1. The molecule has 0 atom stereocenters. The molecule has 0 aliphatic heterocycles. The first kappa shape index (κ1) is 22.5. The number of para-hydroxylation sites is 1. The van der Waals surface area contributed by atoms with Crippen LogP contribution < -0.4 is 5.32 Å². The fourth-order valence-corrected chi connectivity index (χ4v) is 4.52. The number of nitrogens with zero attached hydrogens (tertiary/aromatic N) is 1. The van der Waals surface area contributed by atoms with E-state index in [0.29, 0.717) is 0 Å². The second-order valence-electron chi connectivity index (χ2n) is 5.57. The summed E-state index contributed by atoms with van der Waals surface area (Å²) in [5.41, 5.74) is -1.50. The second-order valence-corrected chi connectivity index (χ2v) is 8.27. The minimum absolute atomic E-state index is 0.0161. The fraction of sp³-hybridized carbons (Fsp3) is 0.235. The normalized spacial score (nSPS) is 12.2. The van der Waals surface area contributed by atoms with E-state index in [2.05, 4.69) is 5.32 Å². The number of alkyl halides is 3. The van der Waals surface area contributed by atoms with Crippen molar-refractivity contribution in [3.63, 3.8) is 0 Å². The zero-order valence-corrected chi connectivity index (χ0v) is 16.8. The molecule has 0 unspecified atom stereocenters. The van der Waals surface area contributed by atoms with Gasteiger partial charge in [-0.2, -0.15) is 17.5 Å². The van der Waals surface area contributed by atoms with Gasteiger partial charge in [-0.25, -0.2) is 8.42 Å². The smallest absolute Gasteiger partial charge is 0.324 e. The van der Waals surface area contributed by atoms with Gasteiger partial charge < -0.3 is 5.32 Å². The lowest BCUT2D eigenvalue weighted by Gasteiger charge is -2.21. The van der Waals surface area contributed by atoms with E-state index in [9.17, 15) is 26.4 Å². The Kier molecular flexibility index (Phi) is 6.97. The first-order chi connectivity index (χ1) is 13.0.